The zero-order chi connectivity index (χ0) is 30.8. The second-order valence-corrected chi connectivity index (χ2v) is 10.9. The molecule has 4 aromatic rings. The lowest BCUT2D eigenvalue weighted by Crippen LogP contribution is -2.30. The molecule has 1 aromatic heterocycles. The van der Waals surface area contributed by atoms with Crippen molar-refractivity contribution in [1.29, 1.82) is 0 Å². The second kappa shape index (κ2) is 14.9. The standard InChI is InChI=1S/C32H29ClN4O5S/c1-20(30(38)37-28-17-12-23(33)19-34-28)43-25-15-13-24(14-16-25)35-32(40)26(36-31(39)21-8-5-4-6-9-21)18-22-10-7-11-27(41-2)29(22)42-3/h4-20H,1-3H3,(H,35,40)(H,36,39)(H,34,37,38)/b26-18-. The first-order chi connectivity index (χ1) is 20.8. The molecule has 220 valence electrons. The first kappa shape index (κ1) is 31.1. The molecular weight excluding hydrogens is 588 g/mol. The molecule has 9 nitrogen and oxygen atoms in total. The lowest BCUT2D eigenvalue weighted by atomic mass is 10.1. The van der Waals surface area contributed by atoms with Gasteiger partial charge in [0, 0.05) is 27.9 Å². The number of hydrogen-bond acceptors (Lipinski definition) is 7. The van der Waals surface area contributed by atoms with E-state index in [-0.39, 0.29) is 11.6 Å². The highest BCUT2D eigenvalue weighted by molar-refractivity contribution is 8.00. The van der Waals surface area contributed by atoms with E-state index < -0.39 is 17.1 Å². The number of anilines is 2. The van der Waals surface area contributed by atoms with Gasteiger partial charge in [-0.1, -0.05) is 41.9 Å². The molecule has 11 heteroatoms. The normalized spacial score (nSPS) is 11.7. The summed E-state index contributed by atoms with van der Waals surface area (Å²) in [4.78, 5) is 43.9. The molecule has 1 atom stereocenters. The lowest BCUT2D eigenvalue weighted by Gasteiger charge is -2.14. The van der Waals surface area contributed by atoms with E-state index in [4.69, 9.17) is 21.1 Å². The van der Waals surface area contributed by atoms with E-state index in [0.717, 1.165) is 4.90 Å². The maximum atomic E-state index is 13.4. The van der Waals surface area contributed by atoms with Crippen LogP contribution in [0.25, 0.3) is 6.08 Å². The molecule has 1 heterocycles. The molecule has 3 amide bonds. The van der Waals surface area contributed by atoms with Gasteiger partial charge < -0.3 is 25.4 Å². The third-order valence-electron chi connectivity index (χ3n) is 6.03. The van der Waals surface area contributed by atoms with Crippen LogP contribution in [0.5, 0.6) is 11.5 Å². The Morgan fingerprint density at radius 2 is 1.63 bits per heavy atom. The molecule has 0 aliphatic rings. The zero-order valence-electron chi connectivity index (χ0n) is 23.6. The number of thioether (sulfide) groups is 1. The highest BCUT2D eigenvalue weighted by Gasteiger charge is 2.18. The summed E-state index contributed by atoms with van der Waals surface area (Å²) < 4.78 is 10.9. The summed E-state index contributed by atoms with van der Waals surface area (Å²) in [7, 11) is 3.01. The molecule has 3 N–H and O–H groups in total. The molecule has 0 radical (unpaired) electrons. The number of ether oxygens (including phenoxy) is 2. The topological polar surface area (TPSA) is 119 Å². The molecule has 0 aliphatic carbocycles. The Bertz CT molecular complexity index is 1610. The van der Waals surface area contributed by atoms with Gasteiger partial charge in [-0.3, -0.25) is 14.4 Å². The predicted octanol–water partition coefficient (Wildman–Crippen LogP) is 6.28. The van der Waals surface area contributed by atoms with Gasteiger partial charge in [-0.2, -0.15) is 0 Å². The number of carbonyl (C=O) groups is 3. The number of halogens is 1. The first-order valence-electron chi connectivity index (χ1n) is 13.1. The van der Waals surface area contributed by atoms with E-state index in [2.05, 4.69) is 20.9 Å². The van der Waals surface area contributed by atoms with Gasteiger partial charge in [0.2, 0.25) is 5.91 Å². The van der Waals surface area contributed by atoms with Gasteiger partial charge in [0.15, 0.2) is 11.5 Å². The van der Waals surface area contributed by atoms with E-state index in [1.165, 1.54) is 38.3 Å². The average molecular weight is 617 g/mol. The van der Waals surface area contributed by atoms with E-state index in [0.29, 0.717) is 39.2 Å². The minimum absolute atomic E-state index is 0.0000371. The Balaban J connectivity index is 1.49. The number of pyridine rings is 1. The largest absolute Gasteiger partial charge is 0.493 e. The van der Waals surface area contributed by atoms with Crippen LogP contribution in [-0.2, 0) is 9.59 Å². The molecule has 1 unspecified atom stereocenters. The minimum atomic E-state index is -0.544. The van der Waals surface area contributed by atoms with E-state index in [9.17, 15) is 14.4 Å². The third-order valence-corrected chi connectivity index (χ3v) is 7.37. The Morgan fingerprint density at radius 1 is 0.884 bits per heavy atom. The Labute approximate surface area is 258 Å². The number of amides is 3. The van der Waals surface area contributed by atoms with E-state index in [1.807, 2.05) is 0 Å². The van der Waals surface area contributed by atoms with Crippen LogP contribution in [0.1, 0.15) is 22.8 Å². The van der Waals surface area contributed by atoms with Crippen molar-refractivity contribution in [2.45, 2.75) is 17.1 Å². The van der Waals surface area contributed by atoms with Crippen LogP contribution >= 0.6 is 23.4 Å². The summed E-state index contributed by atoms with van der Waals surface area (Å²) >= 11 is 7.20. The van der Waals surface area contributed by atoms with Crippen molar-refractivity contribution in [3.8, 4) is 11.5 Å². The molecule has 3 aromatic carbocycles. The monoisotopic (exact) mass is 616 g/mol. The fraction of sp³-hybridized carbons (Fsp3) is 0.125. The minimum Gasteiger partial charge on any atom is -0.493 e. The van der Waals surface area contributed by atoms with Crippen molar-refractivity contribution >= 4 is 58.7 Å². The van der Waals surface area contributed by atoms with E-state index in [1.54, 1.807) is 91.9 Å². The zero-order valence-corrected chi connectivity index (χ0v) is 25.2. The Hall–Kier alpha value is -4.80. The van der Waals surface area contributed by atoms with Crippen LogP contribution in [-0.4, -0.2) is 42.2 Å². The van der Waals surface area contributed by atoms with Gasteiger partial charge in [-0.05, 0) is 67.6 Å². The maximum absolute atomic E-state index is 13.4. The number of rotatable bonds is 11. The molecule has 0 bridgehead atoms. The molecule has 0 saturated heterocycles. The Morgan fingerprint density at radius 3 is 2.28 bits per heavy atom. The highest BCUT2D eigenvalue weighted by atomic mass is 35.5. The van der Waals surface area contributed by atoms with Gasteiger partial charge in [-0.25, -0.2) is 4.98 Å². The molecular formula is C32H29ClN4O5S. The van der Waals surface area contributed by atoms with Crippen LogP contribution in [0, 0.1) is 0 Å². The number of carbonyl (C=O) groups excluding carboxylic acids is 3. The van der Waals surface area contributed by atoms with Crippen LogP contribution in [0.2, 0.25) is 5.02 Å². The van der Waals surface area contributed by atoms with Gasteiger partial charge in [0.25, 0.3) is 11.8 Å². The van der Waals surface area contributed by atoms with Crippen molar-refractivity contribution in [3.05, 3.63) is 113 Å². The van der Waals surface area contributed by atoms with Crippen LogP contribution in [0.3, 0.4) is 0 Å². The van der Waals surface area contributed by atoms with E-state index >= 15 is 0 Å². The summed E-state index contributed by atoms with van der Waals surface area (Å²) in [6, 6.07) is 24.1. The lowest BCUT2D eigenvalue weighted by molar-refractivity contribution is -0.115. The molecule has 0 spiro atoms. The smallest absolute Gasteiger partial charge is 0.272 e. The quantitative estimate of drug-likeness (QED) is 0.134. The maximum Gasteiger partial charge on any atom is 0.272 e. The highest BCUT2D eigenvalue weighted by Crippen LogP contribution is 2.32. The predicted molar refractivity (Wildman–Crippen MR) is 170 cm³/mol. The number of benzene rings is 3. The first-order valence-corrected chi connectivity index (χ1v) is 14.3. The SMILES string of the molecule is COc1cccc(/C=C(\NC(=O)c2ccccc2)C(=O)Nc2ccc(SC(C)C(=O)Nc3ccc(Cl)cn3)cc2)c1OC. The van der Waals surface area contributed by atoms with Gasteiger partial charge in [0.05, 0.1) is 24.5 Å². The number of para-hydroxylation sites is 1. The van der Waals surface area contributed by atoms with Gasteiger partial charge >= 0.3 is 0 Å². The van der Waals surface area contributed by atoms with Crippen molar-refractivity contribution in [1.82, 2.24) is 10.3 Å². The van der Waals surface area contributed by atoms with Crippen molar-refractivity contribution in [3.63, 3.8) is 0 Å². The summed E-state index contributed by atoms with van der Waals surface area (Å²) in [6.45, 7) is 1.78. The number of aromatic nitrogens is 1. The van der Waals surface area contributed by atoms with Crippen molar-refractivity contribution in [2.75, 3.05) is 24.9 Å². The fourth-order valence-corrected chi connectivity index (χ4v) is 4.85. The average Bonchev–Trinajstić information content (AvgIpc) is 3.02. The molecule has 0 fully saturated rings. The third kappa shape index (κ3) is 8.60. The van der Waals surface area contributed by atoms with Crippen molar-refractivity contribution in [2.24, 2.45) is 0 Å². The Kier molecular flexibility index (Phi) is 10.8. The molecule has 0 aliphatic heterocycles. The molecule has 43 heavy (non-hydrogen) atoms. The number of methoxy groups -OCH3 is 2. The van der Waals surface area contributed by atoms with Gasteiger partial charge in [0.1, 0.15) is 11.5 Å². The number of nitrogens with zero attached hydrogens (tertiary/aromatic N) is 1. The second-order valence-electron chi connectivity index (χ2n) is 9.05. The number of nitrogens with one attached hydrogen (secondary N) is 3. The van der Waals surface area contributed by atoms with Crippen LogP contribution in [0.4, 0.5) is 11.5 Å². The summed E-state index contributed by atoms with van der Waals surface area (Å²) in [5.74, 6) is 0.0969. The van der Waals surface area contributed by atoms with Crippen LogP contribution in [0.15, 0.2) is 102 Å². The van der Waals surface area contributed by atoms with Gasteiger partial charge in [-0.15, -0.1) is 11.8 Å². The number of hydrogen-bond donors (Lipinski definition) is 3. The molecule has 0 saturated carbocycles. The van der Waals surface area contributed by atoms with Crippen molar-refractivity contribution < 1.29 is 23.9 Å². The summed E-state index contributed by atoms with van der Waals surface area (Å²) in [5.41, 5.74) is 1.42. The molecule has 4 rings (SSSR count). The van der Waals surface area contributed by atoms with Crippen LogP contribution < -0.4 is 25.4 Å². The summed E-state index contributed by atoms with van der Waals surface area (Å²) in [5, 5.41) is 8.36. The summed E-state index contributed by atoms with van der Waals surface area (Å²) in [6.07, 6.45) is 2.99. The fourth-order valence-electron chi connectivity index (χ4n) is 3.87.